The summed E-state index contributed by atoms with van der Waals surface area (Å²) in [5.74, 6) is 0.677. The molecular formula is C19H19N3O3. The zero-order valence-electron chi connectivity index (χ0n) is 13.8. The van der Waals surface area contributed by atoms with E-state index in [0.717, 1.165) is 23.3 Å². The molecule has 0 saturated carbocycles. The van der Waals surface area contributed by atoms with Gasteiger partial charge in [-0.25, -0.2) is 4.79 Å². The van der Waals surface area contributed by atoms with E-state index in [1.807, 2.05) is 18.2 Å². The van der Waals surface area contributed by atoms with Crippen LogP contribution in [0.15, 0.2) is 48.5 Å². The molecule has 0 radical (unpaired) electrons. The first-order valence-electron chi connectivity index (χ1n) is 7.97. The maximum atomic E-state index is 12.1. The van der Waals surface area contributed by atoms with Crippen molar-refractivity contribution in [3.05, 3.63) is 59.7 Å². The van der Waals surface area contributed by atoms with E-state index in [1.165, 1.54) is 13.1 Å². The van der Waals surface area contributed by atoms with E-state index in [2.05, 4.69) is 16.0 Å². The van der Waals surface area contributed by atoms with Crippen LogP contribution in [0.4, 0.5) is 16.2 Å². The first-order chi connectivity index (χ1) is 12.1. The molecule has 25 heavy (non-hydrogen) atoms. The van der Waals surface area contributed by atoms with Crippen molar-refractivity contribution in [1.82, 2.24) is 5.32 Å². The molecule has 0 unspecified atom stereocenters. The lowest BCUT2D eigenvalue weighted by Crippen LogP contribution is -2.24. The number of carbonyl (C=O) groups excluding carboxylic acids is 2. The van der Waals surface area contributed by atoms with Gasteiger partial charge in [0, 0.05) is 30.9 Å². The maximum Gasteiger partial charge on any atom is 0.318 e. The Morgan fingerprint density at radius 2 is 1.88 bits per heavy atom. The fourth-order valence-corrected chi connectivity index (χ4v) is 2.53. The second-order valence-electron chi connectivity index (χ2n) is 5.57. The molecule has 0 spiro atoms. The number of fused-ring (bicyclic) bond motifs is 1. The molecule has 6 heteroatoms. The van der Waals surface area contributed by atoms with Crippen molar-refractivity contribution >= 4 is 29.4 Å². The van der Waals surface area contributed by atoms with Gasteiger partial charge in [0.2, 0.25) is 5.91 Å². The highest BCUT2D eigenvalue weighted by molar-refractivity contribution is 6.02. The van der Waals surface area contributed by atoms with E-state index >= 15 is 0 Å². The minimum atomic E-state index is -0.316. The summed E-state index contributed by atoms with van der Waals surface area (Å²) < 4.78 is 5.47. The van der Waals surface area contributed by atoms with Gasteiger partial charge in [-0.1, -0.05) is 12.1 Å². The quantitative estimate of drug-likeness (QED) is 0.750. The first-order valence-corrected chi connectivity index (χ1v) is 7.97. The van der Waals surface area contributed by atoms with Gasteiger partial charge in [-0.3, -0.25) is 4.79 Å². The highest BCUT2D eigenvalue weighted by atomic mass is 16.5. The molecule has 1 heterocycles. The van der Waals surface area contributed by atoms with E-state index in [-0.39, 0.29) is 11.9 Å². The van der Waals surface area contributed by atoms with Gasteiger partial charge in [0.1, 0.15) is 5.75 Å². The number of carbonyl (C=O) groups is 2. The van der Waals surface area contributed by atoms with E-state index in [0.29, 0.717) is 18.0 Å². The zero-order chi connectivity index (χ0) is 17.6. The van der Waals surface area contributed by atoms with Crippen LogP contribution in [0.5, 0.6) is 5.75 Å². The number of rotatable bonds is 4. The average molecular weight is 337 g/mol. The number of amides is 3. The lowest BCUT2D eigenvalue weighted by Gasteiger charge is -2.07. The van der Waals surface area contributed by atoms with Crippen LogP contribution in [0.3, 0.4) is 0 Å². The van der Waals surface area contributed by atoms with Crippen LogP contribution in [0.1, 0.15) is 11.1 Å². The van der Waals surface area contributed by atoms with Crippen LogP contribution in [0.25, 0.3) is 6.08 Å². The molecule has 0 bridgehead atoms. The third kappa shape index (κ3) is 4.38. The topological polar surface area (TPSA) is 79.5 Å². The Morgan fingerprint density at radius 1 is 1.08 bits per heavy atom. The Hall–Kier alpha value is -3.28. The molecule has 1 aliphatic heterocycles. The van der Waals surface area contributed by atoms with Crippen LogP contribution in [-0.2, 0) is 11.2 Å². The number of ether oxygens (including phenoxy) is 1. The van der Waals surface area contributed by atoms with Gasteiger partial charge in [0.05, 0.1) is 6.61 Å². The average Bonchev–Trinajstić information content (AvgIpc) is 3.08. The van der Waals surface area contributed by atoms with Crippen molar-refractivity contribution in [3.8, 4) is 5.75 Å². The van der Waals surface area contributed by atoms with Crippen molar-refractivity contribution in [2.75, 3.05) is 24.3 Å². The number of benzene rings is 2. The SMILES string of the molecule is CNC(=O)Nc1cccc(NC(=O)/C=C/c2ccc3c(c2)CCO3)c1. The molecule has 3 rings (SSSR count). The zero-order valence-corrected chi connectivity index (χ0v) is 13.8. The molecular weight excluding hydrogens is 318 g/mol. The Balaban J connectivity index is 1.62. The minimum absolute atomic E-state index is 0.242. The number of anilines is 2. The van der Waals surface area contributed by atoms with Gasteiger partial charge in [-0.05, 0) is 47.5 Å². The molecule has 2 aromatic rings. The van der Waals surface area contributed by atoms with Crippen molar-refractivity contribution in [2.45, 2.75) is 6.42 Å². The molecule has 128 valence electrons. The number of hydrogen-bond acceptors (Lipinski definition) is 3. The van der Waals surface area contributed by atoms with E-state index in [9.17, 15) is 9.59 Å². The summed E-state index contributed by atoms with van der Waals surface area (Å²) in [6.07, 6.45) is 4.14. The van der Waals surface area contributed by atoms with Gasteiger partial charge in [-0.2, -0.15) is 0 Å². The Labute approximate surface area is 145 Å². The van der Waals surface area contributed by atoms with E-state index < -0.39 is 0 Å². The molecule has 1 aliphatic rings. The predicted molar refractivity (Wildman–Crippen MR) is 97.8 cm³/mol. The summed E-state index contributed by atoms with van der Waals surface area (Å²) in [6, 6.07) is 12.5. The monoisotopic (exact) mass is 337 g/mol. The summed E-state index contributed by atoms with van der Waals surface area (Å²) in [4.78, 5) is 23.4. The van der Waals surface area contributed by atoms with Crippen molar-refractivity contribution in [1.29, 1.82) is 0 Å². The van der Waals surface area contributed by atoms with E-state index in [4.69, 9.17) is 4.74 Å². The highest BCUT2D eigenvalue weighted by Crippen LogP contribution is 2.26. The molecule has 0 atom stereocenters. The van der Waals surface area contributed by atoms with Gasteiger partial charge in [0.25, 0.3) is 0 Å². The van der Waals surface area contributed by atoms with Gasteiger partial charge in [-0.15, -0.1) is 0 Å². The summed E-state index contributed by atoms with van der Waals surface area (Å²) in [6.45, 7) is 0.712. The third-order valence-electron chi connectivity index (χ3n) is 3.76. The molecule has 0 fully saturated rings. The Kier molecular flexibility index (Phi) is 4.99. The molecule has 3 N–H and O–H groups in total. The standard InChI is InChI=1S/C19H19N3O3/c1-20-19(24)22-16-4-2-3-15(12-16)21-18(23)8-6-13-5-7-17-14(11-13)9-10-25-17/h2-8,11-12H,9-10H2,1H3,(H,21,23)(H2,20,22,24)/b8-6+. The van der Waals surface area contributed by atoms with Crippen LogP contribution >= 0.6 is 0 Å². The van der Waals surface area contributed by atoms with Crippen molar-refractivity contribution in [3.63, 3.8) is 0 Å². The maximum absolute atomic E-state index is 12.1. The highest BCUT2D eigenvalue weighted by Gasteiger charge is 2.11. The predicted octanol–water partition coefficient (Wildman–Crippen LogP) is 3.02. The molecule has 2 aromatic carbocycles. The summed E-state index contributed by atoms with van der Waals surface area (Å²) in [5, 5.41) is 7.90. The summed E-state index contributed by atoms with van der Waals surface area (Å²) >= 11 is 0. The fourth-order valence-electron chi connectivity index (χ4n) is 2.53. The van der Waals surface area contributed by atoms with Gasteiger partial charge < -0.3 is 20.7 Å². The van der Waals surface area contributed by atoms with Crippen LogP contribution < -0.4 is 20.7 Å². The largest absolute Gasteiger partial charge is 0.493 e. The molecule has 0 saturated heterocycles. The molecule has 0 aromatic heterocycles. The number of urea groups is 1. The lowest BCUT2D eigenvalue weighted by atomic mass is 10.1. The van der Waals surface area contributed by atoms with Gasteiger partial charge >= 0.3 is 6.03 Å². The second-order valence-corrected chi connectivity index (χ2v) is 5.57. The lowest BCUT2D eigenvalue weighted by molar-refractivity contribution is -0.111. The number of hydrogen-bond donors (Lipinski definition) is 3. The minimum Gasteiger partial charge on any atom is -0.493 e. The normalized spacial score (nSPS) is 12.4. The van der Waals surface area contributed by atoms with Crippen molar-refractivity contribution < 1.29 is 14.3 Å². The smallest absolute Gasteiger partial charge is 0.318 e. The fraction of sp³-hybridized carbons (Fsp3) is 0.158. The number of nitrogens with one attached hydrogen (secondary N) is 3. The Bertz CT molecular complexity index is 830. The molecule has 6 nitrogen and oxygen atoms in total. The summed E-state index contributed by atoms with van der Waals surface area (Å²) in [7, 11) is 1.54. The van der Waals surface area contributed by atoms with Crippen LogP contribution in [-0.4, -0.2) is 25.6 Å². The first kappa shape index (κ1) is 16.6. The third-order valence-corrected chi connectivity index (χ3v) is 3.76. The molecule has 0 aliphatic carbocycles. The van der Waals surface area contributed by atoms with Gasteiger partial charge in [0.15, 0.2) is 0 Å². The van der Waals surface area contributed by atoms with E-state index in [1.54, 1.807) is 30.3 Å². The van der Waals surface area contributed by atoms with Crippen LogP contribution in [0, 0.1) is 0 Å². The van der Waals surface area contributed by atoms with Crippen LogP contribution in [0.2, 0.25) is 0 Å². The molecule has 3 amide bonds. The van der Waals surface area contributed by atoms with Crippen molar-refractivity contribution in [2.24, 2.45) is 0 Å². The second kappa shape index (κ2) is 7.53. The Morgan fingerprint density at radius 3 is 2.68 bits per heavy atom. The summed E-state index contributed by atoms with van der Waals surface area (Å²) in [5.41, 5.74) is 3.32.